The van der Waals surface area contributed by atoms with E-state index in [4.69, 9.17) is 11.6 Å². The van der Waals surface area contributed by atoms with Gasteiger partial charge in [-0.15, -0.1) is 0 Å². The molecule has 0 bridgehead atoms. The molecule has 1 fully saturated rings. The number of nitrogens with one attached hydrogen (secondary N) is 1. The Morgan fingerprint density at radius 1 is 1.15 bits per heavy atom. The second-order valence-electron chi connectivity index (χ2n) is 6.20. The van der Waals surface area contributed by atoms with E-state index in [0.29, 0.717) is 5.92 Å². The van der Waals surface area contributed by atoms with Gasteiger partial charge in [0, 0.05) is 30.3 Å². The fraction of sp³-hybridized carbons (Fsp3) is 0.647. The van der Waals surface area contributed by atoms with Gasteiger partial charge in [-0.25, -0.2) is 0 Å². The molecule has 0 atom stereocenters. The van der Waals surface area contributed by atoms with Crippen molar-refractivity contribution in [2.24, 2.45) is 5.92 Å². The van der Waals surface area contributed by atoms with Gasteiger partial charge in [-0.3, -0.25) is 0 Å². The Morgan fingerprint density at radius 2 is 1.85 bits per heavy atom. The first-order valence-electron chi connectivity index (χ1n) is 7.91. The Labute approximate surface area is 128 Å². The van der Waals surface area contributed by atoms with Gasteiger partial charge in [0.05, 0.1) is 0 Å². The zero-order chi connectivity index (χ0) is 14.4. The Morgan fingerprint density at radius 3 is 2.45 bits per heavy atom. The Hall–Kier alpha value is -0.730. The van der Waals surface area contributed by atoms with E-state index in [9.17, 15) is 0 Å². The predicted octanol–water partition coefficient (Wildman–Crippen LogP) is 4.47. The number of rotatable bonds is 5. The maximum absolute atomic E-state index is 6.44. The molecule has 0 amide bonds. The molecule has 0 spiro atoms. The van der Waals surface area contributed by atoms with Crippen molar-refractivity contribution in [1.29, 1.82) is 0 Å². The van der Waals surface area contributed by atoms with Gasteiger partial charge in [-0.1, -0.05) is 44.4 Å². The minimum Gasteiger partial charge on any atom is -0.371 e. The molecular weight excluding hydrogens is 268 g/mol. The van der Waals surface area contributed by atoms with Crippen LogP contribution in [-0.4, -0.2) is 19.6 Å². The molecule has 2 nitrogen and oxygen atoms in total. The maximum atomic E-state index is 6.44. The highest BCUT2D eigenvalue weighted by atomic mass is 35.5. The van der Waals surface area contributed by atoms with Gasteiger partial charge in [-0.05, 0) is 43.0 Å². The van der Waals surface area contributed by atoms with Gasteiger partial charge in [0.25, 0.3) is 0 Å². The molecule has 1 aliphatic rings. The summed E-state index contributed by atoms with van der Waals surface area (Å²) in [6.45, 7) is 8.66. The van der Waals surface area contributed by atoms with Gasteiger partial charge in [0.15, 0.2) is 0 Å². The molecule has 3 heteroatoms. The monoisotopic (exact) mass is 294 g/mol. The number of nitrogens with zero attached hydrogens (tertiary/aromatic N) is 1. The first-order valence-corrected chi connectivity index (χ1v) is 8.28. The highest BCUT2D eigenvalue weighted by Gasteiger charge is 2.11. The van der Waals surface area contributed by atoms with Gasteiger partial charge in [-0.2, -0.15) is 0 Å². The van der Waals surface area contributed by atoms with Crippen LogP contribution in [-0.2, 0) is 6.54 Å². The van der Waals surface area contributed by atoms with Crippen molar-refractivity contribution >= 4 is 17.3 Å². The minimum atomic E-state index is 0.671. The Balaban J connectivity index is 1.97. The maximum Gasteiger partial charge on any atom is 0.0471 e. The predicted molar refractivity (Wildman–Crippen MR) is 88.7 cm³/mol. The summed E-state index contributed by atoms with van der Waals surface area (Å²) < 4.78 is 0. The minimum absolute atomic E-state index is 0.671. The summed E-state index contributed by atoms with van der Waals surface area (Å²) in [7, 11) is 0. The van der Waals surface area contributed by atoms with Crippen molar-refractivity contribution in [2.45, 2.75) is 46.1 Å². The largest absolute Gasteiger partial charge is 0.371 e. The second kappa shape index (κ2) is 7.90. The summed E-state index contributed by atoms with van der Waals surface area (Å²) in [6, 6.07) is 6.54. The van der Waals surface area contributed by atoms with Crippen LogP contribution < -0.4 is 10.2 Å². The fourth-order valence-electron chi connectivity index (χ4n) is 2.70. The molecule has 1 heterocycles. The summed E-state index contributed by atoms with van der Waals surface area (Å²) in [6.07, 6.45) is 5.33. The molecule has 1 aliphatic heterocycles. The summed E-state index contributed by atoms with van der Waals surface area (Å²) in [4.78, 5) is 2.48. The molecule has 20 heavy (non-hydrogen) atoms. The van der Waals surface area contributed by atoms with E-state index >= 15 is 0 Å². The fourth-order valence-corrected chi connectivity index (χ4v) is 2.94. The van der Waals surface area contributed by atoms with Gasteiger partial charge < -0.3 is 10.2 Å². The summed E-state index contributed by atoms with van der Waals surface area (Å²) in [5.41, 5.74) is 2.48. The standard InChI is InChI=1S/C17H27ClN2/c1-14(2)12-19-13-15-7-8-16(11-17(15)18)20-9-5-3-4-6-10-20/h7-8,11,14,19H,3-6,9-10,12-13H2,1-2H3. The van der Waals surface area contributed by atoms with E-state index in [2.05, 4.69) is 42.3 Å². The lowest BCUT2D eigenvalue weighted by atomic mass is 10.1. The molecular formula is C17H27ClN2. The van der Waals surface area contributed by atoms with Crippen LogP contribution in [0.2, 0.25) is 5.02 Å². The first-order chi connectivity index (χ1) is 9.66. The molecule has 0 aliphatic carbocycles. The highest BCUT2D eigenvalue weighted by molar-refractivity contribution is 6.31. The van der Waals surface area contributed by atoms with Crippen molar-refractivity contribution < 1.29 is 0 Å². The van der Waals surface area contributed by atoms with E-state index in [-0.39, 0.29) is 0 Å². The van der Waals surface area contributed by atoms with Gasteiger partial charge in [0.2, 0.25) is 0 Å². The summed E-state index contributed by atoms with van der Waals surface area (Å²) in [5, 5.41) is 4.34. The zero-order valence-electron chi connectivity index (χ0n) is 12.8. The quantitative estimate of drug-likeness (QED) is 0.862. The lowest BCUT2D eigenvalue weighted by Gasteiger charge is -2.23. The van der Waals surface area contributed by atoms with E-state index < -0.39 is 0 Å². The van der Waals surface area contributed by atoms with Crippen LogP contribution in [0, 0.1) is 5.92 Å². The van der Waals surface area contributed by atoms with Crippen LogP contribution >= 0.6 is 11.6 Å². The van der Waals surface area contributed by atoms with Crippen LogP contribution in [0.15, 0.2) is 18.2 Å². The third kappa shape index (κ3) is 4.68. The van der Waals surface area contributed by atoms with Gasteiger partial charge in [0.1, 0.15) is 0 Å². The van der Waals surface area contributed by atoms with E-state index in [1.807, 2.05) is 0 Å². The average molecular weight is 295 g/mol. The lowest BCUT2D eigenvalue weighted by molar-refractivity contribution is 0.552. The molecule has 2 rings (SSSR count). The van der Waals surface area contributed by atoms with Crippen molar-refractivity contribution in [2.75, 3.05) is 24.5 Å². The van der Waals surface area contributed by atoms with Crippen LogP contribution in [0.4, 0.5) is 5.69 Å². The molecule has 1 N–H and O–H groups in total. The van der Waals surface area contributed by atoms with Crippen molar-refractivity contribution in [3.8, 4) is 0 Å². The lowest BCUT2D eigenvalue weighted by Crippen LogP contribution is -2.24. The third-order valence-electron chi connectivity index (χ3n) is 3.88. The molecule has 112 valence electrons. The molecule has 0 unspecified atom stereocenters. The van der Waals surface area contributed by atoms with Crippen LogP contribution in [0.1, 0.15) is 45.1 Å². The molecule has 0 aromatic heterocycles. The second-order valence-corrected chi connectivity index (χ2v) is 6.61. The molecule has 0 radical (unpaired) electrons. The average Bonchev–Trinajstić information content (AvgIpc) is 2.69. The Bertz CT molecular complexity index is 409. The van der Waals surface area contributed by atoms with E-state index in [1.165, 1.54) is 50.0 Å². The molecule has 0 saturated carbocycles. The van der Waals surface area contributed by atoms with Crippen LogP contribution in [0.25, 0.3) is 0 Å². The Kier molecular flexibility index (Phi) is 6.18. The molecule has 1 aromatic carbocycles. The topological polar surface area (TPSA) is 15.3 Å². The van der Waals surface area contributed by atoms with Crippen molar-refractivity contribution in [1.82, 2.24) is 5.32 Å². The zero-order valence-corrected chi connectivity index (χ0v) is 13.5. The normalized spacial score (nSPS) is 16.5. The van der Waals surface area contributed by atoms with Gasteiger partial charge >= 0.3 is 0 Å². The SMILES string of the molecule is CC(C)CNCc1ccc(N2CCCCCC2)cc1Cl. The smallest absolute Gasteiger partial charge is 0.0471 e. The van der Waals surface area contributed by atoms with Crippen molar-refractivity contribution in [3.05, 3.63) is 28.8 Å². The summed E-state index contributed by atoms with van der Waals surface area (Å²) >= 11 is 6.44. The number of hydrogen-bond donors (Lipinski definition) is 1. The van der Waals surface area contributed by atoms with Crippen molar-refractivity contribution in [3.63, 3.8) is 0 Å². The number of halogens is 1. The molecule has 1 saturated heterocycles. The van der Waals surface area contributed by atoms with E-state index in [1.54, 1.807) is 0 Å². The summed E-state index contributed by atoms with van der Waals surface area (Å²) in [5.74, 6) is 0.671. The number of benzene rings is 1. The third-order valence-corrected chi connectivity index (χ3v) is 4.23. The molecule has 1 aromatic rings. The highest BCUT2D eigenvalue weighted by Crippen LogP contribution is 2.25. The van der Waals surface area contributed by atoms with E-state index in [0.717, 1.165) is 18.1 Å². The number of anilines is 1. The van der Waals surface area contributed by atoms with Crippen LogP contribution in [0.5, 0.6) is 0 Å². The first kappa shape index (κ1) is 15.7. The van der Waals surface area contributed by atoms with Crippen LogP contribution in [0.3, 0.4) is 0 Å². The number of hydrogen-bond acceptors (Lipinski definition) is 2.